The number of rotatable bonds is 51. The van der Waals surface area contributed by atoms with Crippen LogP contribution in [-0.2, 0) is 87.5 Å². The molecule has 0 bridgehead atoms. The van der Waals surface area contributed by atoms with Crippen LogP contribution in [0.3, 0.4) is 0 Å². The number of amides is 6. The van der Waals surface area contributed by atoms with E-state index in [0.717, 1.165) is 210 Å². The van der Waals surface area contributed by atoms with Gasteiger partial charge in [0.25, 0.3) is 11.1 Å². The second-order valence-corrected chi connectivity index (χ2v) is 42.2. The van der Waals surface area contributed by atoms with Crippen LogP contribution in [0.5, 0.6) is 0 Å². The van der Waals surface area contributed by atoms with Gasteiger partial charge in [-0.25, -0.2) is 19.0 Å². The van der Waals surface area contributed by atoms with E-state index in [1.54, 1.807) is 34.5 Å². The highest BCUT2D eigenvalue weighted by molar-refractivity contribution is 5.90. The van der Waals surface area contributed by atoms with Crippen LogP contribution in [0.1, 0.15) is 323 Å². The fourth-order valence-electron chi connectivity index (χ4n) is 22.4. The molecule has 14 rings (SSSR count). The lowest BCUT2D eigenvalue weighted by molar-refractivity contribution is -0.148. The van der Waals surface area contributed by atoms with Gasteiger partial charge in [0, 0.05) is 157 Å². The van der Waals surface area contributed by atoms with E-state index >= 15 is 0 Å². The predicted molar refractivity (Wildman–Crippen MR) is 572 cm³/mol. The number of nitrogens with zero attached hydrogens (tertiary/aromatic N) is 14. The van der Waals surface area contributed by atoms with Crippen LogP contribution in [-0.4, -0.2) is 259 Å². The number of carbonyl (C=O) groups excluding carboxylic acids is 8. The van der Waals surface area contributed by atoms with Crippen LogP contribution in [0.4, 0.5) is 9.59 Å². The molecule has 10 heterocycles. The Bertz CT molecular complexity index is 5580. The molecule has 0 aliphatic carbocycles. The average Bonchev–Trinajstić information content (AvgIpc) is 1.65. The number of ether oxygens (including phenoxy) is 4. The topological polar surface area (TPSA) is 303 Å². The number of piperazine rings is 2. The largest absolute Gasteiger partial charge is 0.444 e. The van der Waals surface area contributed by atoms with Gasteiger partial charge in [-0.05, 0) is 212 Å². The first-order valence-electron chi connectivity index (χ1n) is 55.9. The number of urea groups is 2. The summed E-state index contributed by atoms with van der Waals surface area (Å²) >= 11 is 0. The molecular weight excluding hydrogens is 1830 g/mol. The Labute approximate surface area is 860 Å². The molecule has 0 unspecified atom stereocenters. The van der Waals surface area contributed by atoms with Crippen molar-refractivity contribution in [2.75, 3.05) is 119 Å². The number of nitrogens with one attached hydrogen (secondary N) is 2. The number of fused-ring (bicyclic) bond motifs is 4. The zero-order valence-corrected chi connectivity index (χ0v) is 88.8. The maximum atomic E-state index is 14.7. The van der Waals surface area contributed by atoms with Gasteiger partial charge < -0.3 is 59.0 Å². The third kappa shape index (κ3) is 33.2. The number of piperidine rings is 4. The van der Waals surface area contributed by atoms with E-state index in [-0.39, 0.29) is 97.6 Å². The molecule has 6 saturated heterocycles. The second kappa shape index (κ2) is 58.3. The molecule has 0 spiro atoms. The number of benzene rings is 4. The molecule has 6 aliphatic rings. The van der Waals surface area contributed by atoms with Gasteiger partial charge in [-0.1, -0.05) is 224 Å². The van der Waals surface area contributed by atoms with E-state index in [0.29, 0.717) is 151 Å². The van der Waals surface area contributed by atoms with Crippen molar-refractivity contribution in [1.29, 1.82) is 0 Å². The minimum Gasteiger partial charge on any atom is -0.444 e. The molecular formula is C115H170N16O14. The number of hydrogen-bond acceptors (Lipinski definition) is 20. The first kappa shape index (κ1) is 112. The Morgan fingerprint density at radius 3 is 1.12 bits per heavy atom. The van der Waals surface area contributed by atoms with Crippen LogP contribution in [0, 0.1) is 13.8 Å². The Balaban J connectivity index is 0.000000243. The summed E-state index contributed by atoms with van der Waals surface area (Å²) in [5.74, 6) is -1.42. The molecule has 8 aromatic rings. The van der Waals surface area contributed by atoms with Gasteiger partial charge in [-0.3, -0.25) is 57.3 Å². The number of esters is 4. The molecule has 145 heavy (non-hydrogen) atoms. The summed E-state index contributed by atoms with van der Waals surface area (Å²) in [4.78, 5) is 154. The molecule has 4 aromatic heterocycles. The highest BCUT2D eigenvalue weighted by atomic mass is 16.6. The van der Waals surface area contributed by atoms with Crippen molar-refractivity contribution in [2.45, 2.75) is 368 Å². The Morgan fingerprint density at radius 1 is 0.372 bits per heavy atom. The van der Waals surface area contributed by atoms with Crippen molar-refractivity contribution < 1.29 is 57.3 Å². The molecule has 30 nitrogen and oxygen atoms in total. The molecule has 6 aliphatic heterocycles. The van der Waals surface area contributed by atoms with E-state index in [2.05, 4.69) is 77.1 Å². The van der Waals surface area contributed by atoms with Crippen molar-refractivity contribution in [3.05, 3.63) is 151 Å². The van der Waals surface area contributed by atoms with Crippen molar-refractivity contribution in [1.82, 2.24) is 78.5 Å². The number of aryl methyl sites for hydroxylation is 2. The van der Waals surface area contributed by atoms with Gasteiger partial charge in [-0.15, -0.1) is 0 Å². The number of para-hydroxylation sites is 2. The Hall–Kier alpha value is -10.6. The first-order valence-corrected chi connectivity index (χ1v) is 55.9. The van der Waals surface area contributed by atoms with E-state index in [1.165, 1.54) is 96.3 Å². The summed E-state index contributed by atoms with van der Waals surface area (Å²) in [6.07, 6.45) is 42.5. The lowest BCUT2D eigenvalue weighted by atomic mass is 9.89. The van der Waals surface area contributed by atoms with Crippen LogP contribution in [0.2, 0.25) is 0 Å². The number of pyridine rings is 2. The lowest BCUT2D eigenvalue weighted by Gasteiger charge is -2.43. The zero-order valence-electron chi connectivity index (χ0n) is 88.8. The zero-order chi connectivity index (χ0) is 102. The quantitative estimate of drug-likeness (QED) is 0.0203. The molecule has 794 valence electrons. The Morgan fingerprint density at radius 2 is 0.724 bits per heavy atom. The average molecular weight is 2000 g/mol. The summed E-state index contributed by atoms with van der Waals surface area (Å²) in [6.45, 7) is 24.2. The summed E-state index contributed by atoms with van der Waals surface area (Å²) in [5, 5.41) is 19.2. The van der Waals surface area contributed by atoms with Crippen molar-refractivity contribution in [2.24, 2.45) is 0 Å². The highest BCUT2D eigenvalue weighted by Crippen LogP contribution is 2.34. The summed E-state index contributed by atoms with van der Waals surface area (Å²) < 4.78 is 29.2. The number of likely N-dealkylation sites (tertiary alicyclic amines) is 4. The van der Waals surface area contributed by atoms with Crippen LogP contribution in [0.25, 0.3) is 43.6 Å². The molecule has 6 amide bonds. The molecule has 0 radical (unpaired) electrons. The fraction of sp³-hybridized carbons (Fsp3) is 0.652. The highest BCUT2D eigenvalue weighted by Gasteiger charge is 2.38. The van der Waals surface area contributed by atoms with E-state index in [9.17, 15) is 47.9 Å². The van der Waals surface area contributed by atoms with Crippen LogP contribution in [0.15, 0.2) is 107 Å². The maximum absolute atomic E-state index is 14.7. The van der Waals surface area contributed by atoms with E-state index in [1.807, 2.05) is 115 Å². The first-order chi connectivity index (χ1) is 70.5. The third-order valence-corrected chi connectivity index (χ3v) is 31.2. The summed E-state index contributed by atoms with van der Waals surface area (Å²) in [6, 6.07) is 26.3. The monoisotopic (exact) mass is 2000 g/mol. The van der Waals surface area contributed by atoms with Gasteiger partial charge >= 0.3 is 35.9 Å². The van der Waals surface area contributed by atoms with Crippen LogP contribution < -0.4 is 21.8 Å². The predicted octanol–water partition coefficient (Wildman–Crippen LogP) is 19.0. The van der Waals surface area contributed by atoms with Crippen LogP contribution >= 0.6 is 0 Å². The molecule has 4 aromatic carbocycles. The standard InChI is InChI=1S/C58H86N8O7.C57H84N8O7/c1-5-7-9-11-13-15-17-23-53(67)72-42-65-41-48-38-45(37-44(3)55(48)60-65)39-51(57(70)63-35-33-62(34-36-63)49-27-29-61(4)30-28-49)59-58(71)64-31-25-46(26-32-64)50-40-47-21-19-20-22-52(47)66(56(50)69)43-73-54(68)24-18-16-14-12-10-8-6-2;1-5-7-9-11-13-15-17-22-52(66)71-41-64-51-21-19-18-20-46(51)39-49(55(64)68)45-24-30-63(31-25-45)57(70)59-50(56(69)62-34-32-61(33-35-62)48-26-28-60(4)29-27-48)38-44-36-43(3)54-47(37-44)40-58-65(54)42-72-53(67)23-16-14-12-10-8-6-2/h19-22,37-38,40-41,46,49,51H,5-18,23-36,39,42-43H2,1-4H3,(H,59,71);18-21,36-37,39-40,45,48,50H,5-17,22-35,38,41-42H2,1-4H3,(H,59,70)/t51-;50-/m11/s1. The normalized spacial score (nSPS) is 16.9. The SMILES string of the molecule is CCCCCCCCCC(=O)OCn1c(=O)c(C2CCN(C(=O)N[C@H](Cc3cc(C)c4c(cnn4COC(=O)CCCCCCCC)c3)C(=O)N3CCN(C4CCN(C)CC4)CC3)CC2)cc2ccccc21.CCCCCCCCCC(=O)OCn1cc2cc(C[C@@H](NC(=O)N3CCC(c4cc5ccccc5n(COC(=O)CCCCCCCCC)c4=O)CC3)C(=O)N3CCN(C4CCN(C)CC4)CC3)cc(C)c2n1. The van der Waals surface area contributed by atoms with Gasteiger partial charge in [-0.2, -0.15) is 10.2 Å². The minimum absolute atomic E-state index is 0.0293. The van der Waals surface area contributed by atoms with Gasteiger partial charge in [0.1, 0.15) is 12.1 Å². The summed E-state index contributed by atoms with van der Waals surface area (Å²) in [7, 11) is 4.35. The smallest absolute Gasteiger partial charge is 0.318 e. The van der Waals surface area contributed by atoms with E-state index < -0.39 is 12.1 Å². The molecule has 30 heteroatoms. The maximum Gasteiger partial charge on any atom is 0.318 e. The third-order valence-electron chi connectivity index (χ3n) is 31.2. The minimum atomic E-state index is -0.805. The Kier molecular flexibility index (Phi) is 44.9. The van der Waals surface area contributed by atoms with Gasteiger partial charge in [0.05, 0.1) is 28.3 Å². The lowest BCUT2D eigenvalue weighted by Crippen LogP contribution is -2.59. The number of aromatic nitrogens is 6. The second-order valence-electron chi connectivity index (χ2n) is 42.2. The van der Waals surface area contributed by atoms with Crippen molar-refractivity contribution in [3.63, 3.8) is 0 Å². The molecule has 2 atom stereocenters. The molecule has 2 N–H and O–H groups in total. The fourth-order valence-corrected chi connectivity index (χ4v) is 22.4. The summed E-state index contributed by atoms with van der Waals surface area (Å²) in [5.41, 5.74) is 7.73. The molecule has 6 fully saturated rings. The van der Waals surface area contributed by atoms with Crippen molar-refractivity contribution in [3.8, 4) is 0 Å². The number of unbranched alkanes of at least 4 members (excludes halogenated alkanes) is 23. The van der Waals surface area contributed by atoms with E-state index in [4.69, 9.17) is 24.0 Å². The van der Waals surface area contributed by atoms with Crippen molar-refractivity contribution >= 4 is 91.4 Å². The number of carbonyl (C=O) groups is 8. The van der Waals surface area contributed by atoms with Gasteiger partial charge in [0.2, 0.25) is 11.8 Å². The van der Waals surface area contributed by atoms with Gasteiger partial charge in [0.15, 0.2) is 26.9 Å². The molecule has 0 saturated carbocycles. The number of hydrogen-bond donors (Lipinski definition) is 2.